The van der Waals surface area contributed by atoms with Crippen LogP contribution in [0.15, 0.2) is 91.0 Å². The lowest BCUT2D eigenvalue weighted by Gasteiger charge is -2.34. The predicted octanol–water partition coefficient (Wildman–Crippen LogP) is 7.99. The molecule has 1 heterocycles. The number of benzene rings is 6. The van der Waals surface area contributed by atoms with E-state index in [0.717, 1.165) is 5.46 Å². The summed E-state index contributed by atoms with van der Waals surface area (Å²) in [5.41, 5.74) is -0.463. The van der Waals surface area contributed by atoms with E-state index in [1.165, 1.54) is 63.3 Å². The van der Waals surface area contributed by atoms with Gasteiger partial charge < -0.3 is 9.76 Å². The molecule has 0 amide bonds. The number of hydrogen-bond donors (Lipinski definition) is 1. The van der Waals surface area contributed by atoms with Crippen LogP contribution in [0.1, 0.15) is 27.7 Å². The molecule has 1 aromatic heterocycles. The zero-order valence-corrected chi connectivity index (χ0v) is 22.9. The van der Waals surface area contributed by atoms with E-state index in [1.807, 2.05) is 46.5 Å². The Morgan fingerprint density at radius 2 is 1.13 bits per heavy atom. The minimum Gasteiger partial charge on any atom is -0.530 e. The van der Waals surface area contributed by atoms with Gasteiger partial charge in [0.25, 0.3) is 0 Å². The van der Waals surface area contributed by atoms with E-state index in [2.05, 4.69) is 91.0 Å². The van der Waals surface area contributed by atoms with Gasteiger partial charge in [-0.05, 0) is 75.1 Å². The van der Waals surface area contributed by atoms with Crippen molar-refractivity contribution in [2.45, 2.75) is 38.9 Å². The number of thiophene rings is 1. The molecule has 0 aliphatic rings. The van der Waals surface area contributed by atoms with Crippen LogP contribution in [0.25, 0.3) is 63.3 Å². The quantitative estimate of drug-likeness (QED) is 0.145. The summed E-state index contributed by atoms with van der Waals surface area (Å²) in [7, 11) is 2.00. The summed E-state index contributed by atoms with van der Waals surface area (Å²) in [5, 5.41) is 23.4. The molecule has 0 atom stereocenters. The standard InChI is InChI=1S/C34H29BO2S/c1-33(2,36)34(3,4)37-35-32-21-12-6-5-11-20(21)17-30-31(32)28-18-26-24-15-9-7-13-22(24)23-14-8-10-16-25(23)27(26)19-29(28)38-30/h5-19,36-37H,1-4H3/q+1. The number of aliphatic hydroxyl groups is 2. The van der Waals surface area contributed by atoms with E-state index in [1.54, 1.807) is 0 Å². The van der Waals surface area contributed by atoms with Gasteiger partial charge in [0.15, 0.2) is 5.60 Å². The maximum absolute atomic E-state index is 10.8. The van der Waals surface area contributed by atoms with Crippen LogP contribution in [0.5, 0.6) is 0 Å². The summed E-state index contributed by atoms with van der Waals surface area (Å²) >= 11 is 1.85. The van der Waals surface area contributed by atoms with Gasteiger partial charge in [-0.1, -0.05) is 72.8 Å². The average molecular weight is 512 g/mol. The summed E-state index contributed by atoms with van der Waals surface area (Å²) in [4.78, 5) is 0. The van der Waals surface area contributed by atoms with Crippen LogP contribution < -0.4 is 5.46 Å². The lowest BCUT2D eigenvalue weighted by atomic mass is 9.78. The molecule has 38 heavy (non-hydrogen) atoms. The Hall–Kier alpha value is -3.44. The average Bonchev–Trinajstić information content (AvgIpc) is 3.26. The maximum Gasteiger partial charge on any atom is 0.626 e. The van der Waals surface area contributed by atoms with Crippen LogP contribution >= 0.6 is 11.3 Å². The van der Waals surface area contributed by atoms with Crippen molar-refractivity contribution in [3.05, 3.63) is 91.0 Å². The third kappa shape index (κ3) is 3.48. The first-order valence-corrected chi connectivity index (χ1v) is 13.9. The van der Waals surface area contributed by atoms with Gasteiger partial charge in [0.1, 0.15) is 5.60 Å². The van der Waals surface area contributed by atoms with Gasteiger partial charge in [0.2, 0.25) is 0 Å². The van der Waals surface area contributed by atoms with Crippen molar-refractivity contribution < 1.29 is 9.76 Å². The molecule has 7 aromatic rings. The monoisotopic (exact) mass is 512 g/mol. The fourth-order valence-corrected chi connectivity index (χ4v) is 6.75. The van der Waals surface area contributed by atoms with Crippen LogP contribution in [0, 0.1) is 0 Å². The molecule has 0 unspecified atom stereocenters. The Morgan fingerprint density at radius 3 is 1.74 bits per heavy atom. The summed E-state index contributed by atoms with van der Waals surface area (Å²) < 4.78 is 7.50. The van der Waals surface area contributed by atoms with E-state index in [9.17, 15) is 5.11 Å². The first-order chi connectivity index (χ1) is 18.2. The molecular weight excluding hydrogens is 483 g/mol. The van der Waals surface area contributed by atoms with E-state index < -0.39 is 11.2 Å². The van der Waals surface area contributed by atoms with Gasteiger partial charge in [-0.3, -0.25) is 0 Å². The third-order valence-corrected chi connectivity index (χ3v) is 9.50. The highest BCUT2D eigenvalue weighted by Crippen LogP contribution is 2.42. The summed E-state index contributed by atoms with van der Waals surface area (Å²) in [5.74, 6) is 0. The first-order valence-electron chi connectivity index (χ1n) is 13.1. The molecule has 0 saturated heterocycles. The number of hydrogen-bond acceptors (Lipinski definition) is 2. The SMILES string of the molecule is CC(C)(O)C(C)(C)[OH+][B]c1c2ccccc2cc2sc3cc4c5ccccc5c5ccccc5c4cc3c12. The molecule has 0 fully saturated rings. The van der Waals surface area contributed by atoms with Crippen LogP contribution in [0.3, 0.4) is 0 Å². The molecule has 6 aromatic carbocycles. The molecule has 0 saturated carbocycles. The van der Waals surface area contributed by atoms with Crippen molar-refractivity contribution in [2.24, 2.45) is 0 Å². The summed E-state index contributed by atoms with van der Waals surface area (Å²) in [6.45, 7) is 7.62. The molecular formula is C34H29BO2S+. The Kier molecular flexibility index (Phi) is 5.16. The second-order valence-corrected chi connectivity index (χ2v) is 12.4. The van der Waals surface area contributed by atoms with E-state index in [-0.39, 0.29) is 0 Å². The molecule has 185 valence electrons. The highest BCUT2D eigenvalue weighted by Gasteiger charge is 2.41. The van der Waals surface area contributed by atoms with Gasteiger partial charge in [-0.15, -0.1) is 11.3 Å². The molecule has 0 aliphatic heterocycles. The van der Waals surface area contributed by atoms with Gasteiger partial charge in [0.05, 0.1) is 0 Å². The molecule has 1 radical (unpaired) electrons. The lowest BCUT2D eigenvalue weighted by Crippen LogP contribution is -2.52. The smallest absolute Gasteiger partial charge is 0.530 e. The summed E-state index contributed by atoms with van der Waals surface area (Å²) in [6, 6.07) is 33.1. The van der Waals surface area contributed by atoms with Crippen molar-refractivity contribution in [3.8, 4) is 0 Å². The second-order valence-electron chi connectivity index (χ2n) is 11.3. The predicted molar refractivity (Wildman–Crippen MR) is 167 cm³/mol. The van der Waals surface area contributed by atoms with Crippen LogP contribution in [-0.2, 0) is 0 Å². The van der Waals surface area contributed by atoms with Gasteiger partial charge in [0, 0.05) is 39.5 Å². The first kappa shape index (κ1) is 23.7. The van der Waals surface area contributed by atoms with E-state index in [4.69, 9.17) is 4.65 Å². The zero-order valence-electron chi connectivity index (χ0n) is 22.0. The number of fused-ring (bicyclic) bond motifs is 10. The Balaban J connectivity index is 1.59. The largest absolute Gasteiger partial charge is 0.626 e. The fourth-order valence-electron chi connectivity index (χ4n) is 5.55. The van der Waals surface area contributed by atoms with E-state index in [0.29, 0.717) is 0 Å². The molecule has 0 aliphatic carbocycles. The minimum atomic E-state index is -0.944. The second kappa shape index (κ2) is 8.28. The van der Waals surface area contributed by atoms with Gasteiger partial charge >= 0.3 is 7.48 Å². The third-order valence-electron chi connectivity index (χ3n) is 8.40. The van der Waals surface area contributed by atoms with Crippen LogP contribution in [0.2, 0.25) is 0 Å². The Bertz CT molecular complexity index is 2050. The molecule has 2 nitrogen and oxygen atoms in total. The van der Waals surface area contributed by atoms with Crippen molar-refractivity contribution in [1.29, 1.82) is 0 Å². The zero-order chi connectivity index (χ0) is 26.2. The summed E-state index contributed by atoms with van der Waals surface area (Å²) in [6.07, 6.45) is 0. The highest BCUT2D eigenvalue weighted by atomic mass is 32.1. The maximum atomic E-state index is 10.8. The molecule has 2 N–H and O–H groups in total. The van der Waals surface area contributed by atoms with Crippen molar-refractivity contribution >= 4 is 87.5 Å². The topological polar surface area (TPSA) is 33.0 Å². The van der Waals surface area contributed by atoms with Crippen LogP contribution in [0.4, 0.5) is 0 Å². The van der Waals surface area contributed by atoms with Crippen LogP contribution in [-0.4, -0.2) is 28.4 Å². The Labute approximate surface area is 226 Å². The molecule has 0 spiro atoms. The normalized spacial score (nSPS) is 13.0. The number of rotatable bonds is 4. The van der Waals surface area contributed by atoms with Crippen molar-refractivity contribution in [1.82, 2.24) is 0 Å². The fraction of sp³-hybridized carbons (Fsp3) is 0.176. The Morgan fingerprint density at radius 1 is 0.605 bits per heavy atom. The molecule has 7 rings (SSSR count). The van der Waals surface area contributed by atoms with Crippen molar-refractivity contribution in [2.75, 3.05) is 0 Å². The lowest BCUT2D eigenvalue weighted by molar-refractivity contribution is -0.157. The van der Waals surface area contributed by atoms with E-state index >= 15 is 0 Å². The minimum absolute atomic E-state index is 0.635. The molecule has 0 bridgehead atoms. The molecule has 4 heteroatoms. The van der Waals surface area contributed by atoms with Gasteiger partial charge in [-0.2, -0.15) is 0 Å². The highest BCUT2D eigenvalue weighted by molar-refractivity contribution is 7.26. The van der Waals surface area contributed by atoms with Crippen molar-refractivity contribution in [3.63, 3.8) is 0 Å². The van der Waals surface area contributed by atoms with Gasteiger partial charge in [-0.25, -0.2) is 0 Å².